The van der Waals surface area contributed by atoms with E-state index in [1.165, 1.54) is 6.33 Å². The van der Waals surface area contributed by atoms with Crippen molar-refractivity contribution in [2.75, 3.05) is 0 Å². The molecule has 0 fully saturated rings. The van der Waals surface area contributed by atoms with Crippen molar-refractivity contribution in [3.8, 4) is 5.69 Å². The number of benzene rings is 2. The van der Waals surface area contributed by atoms with Crippen LogP contribution in [0.15, 0.2) is 61.2 Å². The molecule has 1 aliphatic carbocycles. The van der Waals surface area contributed by atoms with Gasteiger partial charge in [-0.15, -0.1) is 0 Å². The van der Waals surface area contributed by atoms with Gasteiger partial charge in [-0.25, -0.2) is 14.5 Å². The summed E-state index contributed by atoms with van der Waals surface area (Å²) in [7, 11) is 0. The molecule has 1 aliphatic rings. The van der Waals surface area contributed by atoms with Crippen LogP contribution >= 0.6 is 0 Å². The number of rotatable bonds is 4. The second-order valence-corrected chi connectivity index (χ2v) is 6.28. The van der Waals surface area contributed by atoms with Crippen LogP contribution in [0.25, 0.3) is 5.69 Å². The number of hydrogen-bond donors (Lipinski definition) is 3. The highest BCUT2D eigenvalue weighted by Gasteiger charge is 2.31. The monoisotopic (exact) mass is 349 g/mol. The van der Waals surface area contributed by atoms with E-state index in [4.69, 9.17) is 0 Å². The SMILES string of the molecule is O=C(NCc1cccc(-n2cncn2)c1)N[C@@H]1c2ccccc2C[C@@H]1O. The van der Waals surface area contributed by atoms with Crippen LogP contribution in [0.2, 0.25) is 0 Å². The first-order valence-corrected chi connectivity index (χ1v) is 8.45. The highest BCUT2D eigenvalue weighted by Crippen LogP contribution is 2.31. The van der Waals surface area contributed by atoms with Crippen molar-refractivity contribution in [1.82, 2.24) is 25.4 Å². The number of aromatic nitrogens is 3. The molecule has 1 aromatic heterocycles. The van der Waals surface area contributed by atoms with Crippen molar-refractivity contribution in [3.63, 3.8) is 0 Å². The molecule has 0 bridgehead atoms. The topological polar surface area (TPSA) is 92.1 Å². The van der Waals surface area contributed by atoms with Crippen molar-refractivity contribution >= 4 is 6.03 Å². The van der Waals surface area contributed by atoms with Gasteiger partial charge in [0.1, 0.15) is 12.7 Å². The molecule has 7 nitrogen and oxygen atoms in total. The quantitative estimate of drug-likeness (QED) is 0.669. The van der Waals surface area contributed by atoms with Crippen LogP contribution in [0.4, 0.5) is 4.79 Å². The van der Waals surface area contributed by atoms with Gasteiger partial charge in [-0.2, -0.15) is 5.10 Å². The maximum atomic E-state index is 12.3. The second-order valence-electron chi connectivity index (χ2n) is 6.28. The maximum Gasteiger partial charge on any atom is 0.315 e. The molecule has 0 aliphatic heterocycles. The number of aliphatic hydroxyl groups excluding tert-OH is 1. The number of aliphatic hydroxyl groups is 1. The minimum atomic E-state index is -0.603. The van der Waals surface area contributed by atoms with E-state index >= 15 is 0 Å². The molecular formula is C19H19N5O2. The molecule has 7 heteroatoms. The van der Waals surface area contributed by atoms with E-state index in [0.717, 1.165) is 22.4 Å². The highest BCUT2D eigenvalue weighted by atomic mass is 16.3. The molecule has 2 aromatic carbocycles. The van der Waals surface area contributed by atoms with Crippen LogP contribution < -0.4 is 10.6 Å². The zero-order valence-corrected chi connectivity index (χ0v) is 14.0. The average Bonchev–Trinajstić information content (AvgIpc) is 3.29. The molecule has 132 valence electrons. The Hall–Kier alpha value is -3.19. The highest BCUT2D eigenvalue weighted by molar-refractivity contribution is 5.74. The largest absolute Gasteiger partial charge is 0.390 e. The van der Waals surface area contributed by atoms with Crippen LogP contribution in [-0.4, -0.2) is 32.0 Å². The number of urea groups is 1. The third kappa shape index (κ3) is 3.29. The van der Waals surface area contributed by atoms with E-state index in [9.17, 15) is 9.90 Å². The molecule has 2 amide bonds. The number of fused-ring (bicyclic) bond motifs is 1. The zero-order valence-electron chi connectivity index (χ0n) is 14.0. The lowest BCUT2D eigenvalue weighted by Gasteiger charge is -2.18. The lowest BCUT2D eigenvalue weighted by Crippen LogP contribution is -2.40. The molecule has 0 unspecified atom stereocenters. The smallest absolute Gasteiger partial charge is 0.315 e. The Morgan fingerprint density at radius 2 is 2.12 bits per heavy atom. The number of hydrogen-bond acceptors (Lipinski definition) is 4. The van der Waals surface area contributed by atoms with E-state index in [1.807, 2.05) is 48.5 Å². The van der Waals surface area contributed by atoms with Crippen LogP contribution in [0, 0.1) is 0 Å². The number of nitrogens with one attached hydrogen (secondary N) is 2. The summed E-state index contributed by atoms with van der Waals surface area (Å²) in [6.45, 7) is 0.374. The van der Waals surface area contributed by atoms with Gasteiger partial charge in [0.05, 0.1) is 17.8 Å². The Labute approximate surface area is 150 Å². The summed E-state index contributed by atoms with van der Waals surface area (Å²) in [5.41, 5.74) is 3.87. The number of carbonyl (C=O) groups excluding carboxylic acids is 1. The first kappa shape index (κ1) is 16.3. The van der Waals surface area contributed by atoms with Crippen molar-refractivity contribution < 1.29 is 9.90 Å². The molecule has 0 radical (unpaired) electrons. The predicted molar refractivity (Wildman–Crippen MR) is 95.6 cm³/mol. The van der Waals surface area contributed by atoms with Gasteiger partial charge in [0.2, 0.25) is 0 Å². The van der Waals surface area contributed by atoms with Crippen LogP contribution in [0.5, 0.6) is 0 Å². The number of amides is 2. The summed E-state index contributed by atoms with van der Waals surface area (Å²) in [5.74, 6) is 0. The second kappa shape index (κ2) is 6.97. The third-order valence-corrected chi connectivity index (χ3v) is 4.54. The first-order chi connectivity index (χ1) is 12.7. The fraction of sp³-hybridized carbons (Fsp3) is 0.211. The molecule has 3 aromatic rings. The maximum absolute atomic E-state index is 12.3. The first-order valence-electron chi connectivity index (χ1n) is 8.45. The summed E-state index contributed by atoms with van der Waals surface area (Å²) in [4.78, 5) is 16.2. The van der Waals surface area contributed by atoms with Crippen LogP contribution in [0.3, 0.4) is 0 Å². The Balaban J connectivity index is 1.38. The normalized spacial score (nSPS) is 18.3. The molecule has 1 heterocycles. The zero-order chi connectivity index (χ0) is 17.9. The lowest BCUT2D eigenvalue weighted by molar-refractivity contribution is 0.142. The summed E-state index contributed by atoms with van der Waals surface area (Å²) in [5, 5.41) is 20.0. The molecular weight excluding hydrogens is 330 g/mol. The van der Waals surface area contributed by atoms with E-state index in [0.29, 0.717) is 13.0 Å². The van der Waals surface area contributed by atoms with Gasteiger partial charge in [-0.3, -0.25) is 0 Å². The van der Waals surface area contributed by atoms with E-state index < -0.39 is 6.10 Å². The third-order valence-electron chi connectivity index (χ3n) is 4.54. The summed E-state index contributed by atoms with van der Waals surface area (Å²) < 4.78 is 1.66. The van der Waals surface area contributed by atoms with Gasteiger partial charge in [0, 0.05) is 13.0 Å². The standard InChI is InChI=1S/C19H19N5O2/c25-17-9-14-5-1-2-7-16(14)18(17)23-19(26)21-10-13-4-3-6-15(8-13)24-12-20-11-22-24/h1-8,11-12,17-18,25H,9-10H2,(H2,21,23,26)/t17-,18+/m0/s1. The van der Waals surface area contributed by atoms with Crippen molar-refractivity contribution in [2.24, 2.45) is 0 Å². The molecule has 26 heavy (non-hydrogen) atoms. The minimum absolute atomic E-state index is 0.308. The van der Waals surface area contributed by atoms with Crippen molar-refractivity contribution in [2.45, 2.75) is 25.1 Å². The molecule has 0 spiro atoms. The van der Waals surface area contributed by atoms with Crippen molar-refractivity contribution in [1.29, 1.82) is 0 Å². The Bertz CT molecular complexity index is 910. The Morgan fingerprint density at radius 3 is 2.96 bits per heavy atom. The minimum Gasteiger partial charge on any atom is -0.390 e. The molecule has 2 atom stereocenters. The molecule has 0 saturated heterocycles. The van der Waals surface area contributed by atoms with Gasteiger partial charge in [0.15, 0.2) is 0 Å². The van der Waals surface area contributed by atoms with E-state index in [2.05, 4.69) is 20.7 Å². The van der Waals surface area contributed by atoms with Gasteiger partial charge < -0.3 is 15.7 Å². The van der Waals surface area contributed by atoms with E-state index in [-0.39, 0.29) is 12.1 Å². The Kier molecular flexibility index (Phi) is 4.37. The average molecular weight is 349 g/mol. The van der Waals surface area contributed by atoms with E-state index in [1.54, 1.807) is 11.0 Å². The molecule has 3 N–H and O–H groups in total. The fourth-order valence-corrected chi connectivity index (χ4v) is 3.27. The summed E-state index contributed by atoms with van der Waals surface area (Å²) in [6, 6.07) is 14.8. The van der Waals surface area contributed by atoms with Gasteiger partial charge in [-0.1, -0.05) is 36.4 Å². The number of nitrogens with zero attached hydrogens (tertiary/aromatic N) is 3. The Morgan fingerprint density at radius 1 is 1.23 bits per heavy atom. The predicted octanol–water partition coefficient (Wildman–Crippen LogP) is 1.72. The van der Waals surface area contributed by atoms with Crippen LogP contribution in [0.1, 0.15) is 22.7 Å². The van der Waals surface area contributed by atoms with Gasteiger partial charge in [-0.05, 0) is 28.8 Å². The van der Waals surface area contributed by atoms with Crippen molar-refractivity contribution in [3.05, 3.63) is 77.9 Å². The molecule has 4 rings (SSSR count). The van der Waals surface area contributed by atoms with Crippen LogP contribution in [-0.2, 0) is 13.0 Å². The van der Waals surface area contributed by atoms with Gasteiger partial charge in [0.25, 0.3) is 0 Å². The fourth-order valence-electron chi connectivity index (χ4n) is 3.27. The van der Waals surface area contributed by atoms with Gasteiger partial charge >= 0.3 is 6.03 Å². The molecule has 0 saturated carbocycles. The lowest BCUT2D eigenvalue weighted by atomic mass is 10.1. The summed E-state index contributed by atoms with van der Waals surface area (Å²) in [6.07, 6.45) is 3.05. The number of carbonyl (C=O) groups is 1. The summed E-state index contributed by atoms with van der Waals surface area (Å²) >= 11 is 0.